The fraction of sp³-hybridized carbons (Fsp3) is 0.558. The second kappa shape index (κ2) is 15.8. The summed E-state index contributed by atoms with van der Waals surface area (Å²) in [5, 5.41) is 51.5. The zero-order chi connectivity index (χ0) is 42.5. The lowest BCUT2D eigenvalue weighted by Gasteiger charge is -2.67. The zero-order valence-electron chi connectivity index (χ0n) is 33.7. The highest BCUT2D eigenvalue weighted by molar-refractivity contribution is 5.94. The van der Waals surface area contributed by atoms with E-state index in [1.807, 2.05) is 13.8 Å². The summed E-state index contributed by atoms with van der Waals surface area (Å²) < 4.78 is 29.4. The SMILES string of the molecule is CC(=O)O[C@@]12CO[C@@H]1C[C@H](O)[C@@]1(C)C(=O)[C@H](O)C3=C(C)C(OC(=O)C(O)[C@@H](NC(=O)OCC(C)C)c4ccccc4)C[C@@](O)([C@@H](OC(=O)c4ccccc4)[C@H]21)C3(C)C. The van der Waals surface area contributed by atoms with Crippen LogP contribution in [0.2, 0.25) is 0 Å². The quantitative estimate of drug-likeness (QED) is 0.132. The number of hydrogen-bond acceptors (Lipinski definition) is 14. The van der Waals surface area contributed by atoms with Crippen LogP contribution in [0.5, 0.6) is 0 Å². The number of hydrogen-bond donors (Lipinski definition) is 5. The maximum atomic E-state index is 14.9. The van der Waals surface area contributed by atoms with Crippen molar-refractivity contribution < 1.29 is 68.1 Å². The summed E-state index contributed by atoms with van der Waals surface area (Å²) >= 11 is 0. The molecule has 0 radical (unpaired) electrons. The maximum absolute atomic E-state index is 14.9. The van der Waals surface area contributed by atoms with Crippen LogP contribution in [0.1, 0.15) is 83.3 Å². The van der Waals surface area contributed by atoms with Crippen molar-refractivity contribution in [1.82, 2.24) is 5.32 Å². The van der Waals surface area contributed by atoms with Crippen molar-refractivity contribution in [2.75, 3.05) is 13.2 Å². The number of benzene rings is 2. The average Bonchev–Trinajstić information content (AvgIpc) is 3.17. The minimum atomic E-state index is -2.35. The summed E-state index contributed by atoms with van der Waals surface area (Å²) in [6.45, 7) is 10.6. The molecule has 6 rings (SSSR count). The lowest BCUT2D eigenvalue weighted by Crippen LogP contribution is -2.81. The first-order chi connectivity index (χ1) is 27.2. The molecular formula is C43H53NO14. The number of carbonyl (C=O) groups excluding carboxylic acids is 5. The number of aliphatic hydroxyl groups excluding tert-OH is 3. The molecule has 1 aliphatic heterocycles. The molecule has 5 N–H and O–H groups in total. The standard InChI is InChI=1S/C43H53NO14/c1-22(2)20-54-39(52)44-31(25-14-10-8-11-15-25)33(48)38(51)56-27-19-43(53)36(57-37(50)26-16-12-9-13-17-26)34-41(7,35(49)32(47)30(23(27)3)40(43,5)6)28(46)18-29-42(34,21-55-29)58-24(4)45/h8-17,22,27-29,31-34,36,46-48,53H,18-21H2,1-7H3,(H,44,52)/t27?,28-,29+,31-,32+,33?,34-,36-,41+,42-,43+/m0/s1. The van der Waals surface area contributed by atoms with Crippen LogP contribution in [0, 0.1) is 22.7 Å². The molecule has 0 aromatic heterocycles. The van der Waals surface area contributed by atoms with E-state index in [0.29, 0.717) is 5.56 Å². The fourth-order valence-electron chi connectivity index (χ4n) is 9.54. The highest BCUT2D eigenvalue weighted by atomic mass is 16.6. The molecule has 314 valence electrons. The van der Waals surface area contributed by atoms with Crippen molar-refractivity contribution in [1.29, 1.82) is 0 Å². The molecule has 3 fully saturated rings. The number of rotatable bonds is 10. The van der Waals surface area contributed by atoms with Gasteiger partial charge < -0.3 is 49.4 Å². The maximum Gasteiger partial charge on any atom is 0.407 e. The molecule has 15 heteroatoms. The van der Waals surface area contributed by atoms with Crippen LogP contribution in [-0.4, -0.2) is 111 Å². The van der Waals surface area contributed by atoms with E-state index in [0.717, 1.165) is 6.92 Å². The van der Waals surface area contributed by atoms with Crippen LogP contribution in [0.4, 0.5) is 4.79 Å². The van der Waals surface area contributed by atoms with E-state index in [2.05, 4.69) is 5.32 Å². The van der Waals surface area contributed by atoms with Crippen molar-refractivity contribution in [2.24, 2.45) is 22.7 Å². The number of Topliss-reactive ketones (excluding diaryl/α,β-unsaturated/α-hetero) is 1. The van der Waals surface area contributed by atoms with Gasteiger partial charge in [0.15, 0.2) is 17.5 Å². The Balaban J connectivity index is 1.48. The first-order valence-corrected chi connectivity index (χ1v) is 19.5. The second-order valence-corrected chi connectivity index (χ2v) is 17.1. The summed E-state index contributed by atoms with van der Waals surface area (Å²) in [5.41, 5.74) is -7.19. The van der Waals surface area contributed by atoms with Crippen LogP contribution in [0.25, 0.3) is 0 Å². The number of alkyl carbamates (subject to hydrolysis) is 1. The predicted octanol–water partition coefficient (Wildman–Crippen LogP) is 3.12. The molecule has 15 nitrogen and oxygen atoms in total. The van der Waals surface area contributed by atoms with Crippen LogP contribution < -0.4 is 5.32 Å². The molecule has 11 atom stereocenters. The molecule has 2 aromatic rings. The molecule has 2 bridgehead atoms. The molecule has 0 spiro atoms. The predicted molar refractivity (Wildman–Crippen MR) is 204 cm³/mol. The highest BCUT2D eigenvalue weighted by Crippen LogP contribution is 2.64. The number of fused-ring (bicyclic) bond motifs is 5. The molecule has 58 heavy (non-hydrogen) atoms. The highest BCUT2D eigenvalue weighted by Gasteiger charge is 2.78. The Morgan fingerprint density at radius 2 is 1.59 bits per heavy atom. The topological polar surface area (TPSA) is 224 Å². The van der Waals surface area contributed by atoms with Gasteiger partial charge in [-0.05, 0) is 48.6 Å². The number of nitrogens with one attached hydrogen (secondary N) is 1. The Labute approximate surface area is 336 Å². The third-order valence-electron chi connectivity index (χ3n) is 12.7. The average molecular weight is 808 g/mol. The molecule has 3 aliphatic carbocycles. The minimum Gasteiger partial charge on any atom is -0.456 e. The molecule has 1 saturated heterocycles. The Kier molecular flexibility index (Phi) is 11.7. The lowest BCUT2D eigenvalue weighted by molar-refractivity contribution is -0.346. The van der Waals surface area contributed by atoms with E-state index in [9.17, 15) is 44.4 Å². The van der Waals surface area contributed by atoms with Gasteiger partial charge in [-0.15, -0.1) is 0 Å². The van der Waals surface area contributed by atoms with Crippen molar-refractivity contribution in [3.05, 3.63) is 82.9 Å². The number of ketones is 1. The molecule has 2 aromatic carbocycles. The van der Waals surface area contributed by atoms with Gasteiger partial charge in [-0.1, -0.05) is 76.2 Å². The van der Waals surface area contributed by atoms with Crippen molar-refractivity contribution in [3.8, 4) is 0 Å². The van der Waals surface area contributed by atoms with E-state index < -0.39 is 107 Å². The largest absolute Gasteiger partial charge is 0.456 e. The summed E-state index contributed by atoms with van der Waals surface area (Å²) in [6, 6.07) is 14.7. The Morgan fingerprint density at radius 1 is 0.966 bits per heavy atom. The monoisotopic (exact) mass is 807 g/mol. The van der Waals surface area contributed by atoms with Gasteiger partial charge in [0.25, 0.3) is 0 Å². The molecule has 1 amide bonds. The van der Waals surface area contributed by atoms with Crippen LogP contribution >= 0.6 is 0 Å². The van der Waals surface area contributed by atoms with Gasteiger partial charge in [-0.3, -0.25) is 9.59 Å². The van der Waals surface area contributed by atoms with Gasteiger partial charge in [-0.25, -0.2) is 14.4 Å². The fourth-order valence-corrected chi connectivity index (χ4v) is 9.54. The summed E-state index contributed by atoms with van der Waals surface area (Å²) in [5.74, 6) is -5.35. The first-order valence-electron chi connectivity index (χ1n) is 19.5. The smallest absolute Gasteiger partial charge is 0.407 e. The number of ether oxygens (including phenoxy) is 5. The minimum absolute atomic E-state index is 0.000264. The summed E-state index contributed by atoms with van der Waals surface area (Å²) in [6.07, 6.45) is -11.4. The van der Waals surface area contributed by atoms with E-state index in [4.69, 9.17) is 23.7 Å². The van der Waals surface area contributed by atoms with Crippen molar-refractivity contribution >= 4 is 29.8 Å². The van der Waals surface area contributed by atoms with E-state index >= 15 is 0 Å². The van der Waals surface area contributed by atoms with Crippen LogP contribution in [-0.2, 0) is 38.1 Å². The van der Waals surface area contributed by atoms with Gasteiger partial charge in [0.05, 0.1) is 42.3 Å². The third kappa shape index (κ3) is 7.10. The summed E-state index contributed by atoms with van der Waals surface area (Å²) in [7, 11) is 0. The molecule has 4 aliphatic rings. The normalized spacial score (nSPS) is 33.5. The Bertz CT molecular complexity index is 1950. The molecular weight excluding hydrogens is 754 g/mol. The number of aliphatic hydroxyl groups is 4. The molecule has 1 heterocycles. The Morgan fingerprint density at radius 3 is 2.16 bits per heavy atom. The van der Waals surface area contributed by atoms with Gasteiger partial charge in [0.2, 0.25) is 0 Å². The third-order valence-corrected chi connectivity index (χ3v) is 12.7. The van der Waals surface area contributed by atoms with Gasteiger partial charge in [-0.2, -0.15) is 0 Å². The lowest BCUT2D eigenvalue weighted by atomic mass is 9.44. The Hall–Kier alpha value is -4.67. The van der Waals surface area contributed by atoms with Crippen molar-refractivity contribution in [3.63, 3.8) is 0 Å². The van der Waals surface area contributed by atoms with Gasteiger partial charge in [0, 0.05) is 25.2 Å². The number of carbonyl (C=O) groups is 5. The molecule has 2 unspecified atom stereocenters. The van der Waals surface area contributed by atoms with Crippen molar-refractivity contribution in [2.45, 2.75) is 115 Å². The second-order valence-electron chi connectivity index (χ2n) is 17.1. The van der Waals surface area contributed by atoms with Crippen LogP contribution in [0.3, 0.4) is 0 Å². The molecule has 2 saturated carbocycles. The van der Waals surface area contributed by atoms with Gasteiger partial charge >= 0.3 is 24.0 Å². The number of amides is 1. The van der Waals surface area contributed by atoms with Gasteiger partial charge in [0.1, 0.15) is 30.0 Å². The summed E-state index contributed by atoms with van der Waals surface area (Å²) in [4.78, 5) is 68.8. The van der Waals surface area contributed by atoms with E-state index in [1.165, 1.54) is 26.0 Å². The zero-order valence-corrected chi connectivity index (χ0v) is 33.7. The van der Waals surface area contributed by atoms with E-state index in [1.54, 1.807) is 62.4 Å². The number of esters is 3. The van der Waals surface area contributed by atoms with Crippen LogP contribution in [0.15, 0.2) is 71.8 Å². The first kappa shape index (κ1) is 42.9. The van der Waals surface area contributed by atoms with E-state index in [-0.39, 0.29) is 42.3 Å².